The average Bonchev–Trinajstić information content (AvgIpc) is 2.42. The molecule has 0 bridgehead atoms. The number of nitrogens with one attached hydrogen (secondary N) is 3. The van der Waals surface area contributed by atoms with Crippen LogP contribution in [0, 0.1) is 10.1 Å². The second-order valence-corrected chi connectivity index (χ2v) is 7.13. The van der Waals surface area contributed by atoms with Crippen molar-refractivity contribution in [2.24, 2.45) is 0 Å². The van der Waals surface area contributed by atoms with E-state index in [2.05, 4.69) is 10.3 Å². The van der Waals surface area contributed by atoms with Crippen molar-refractivity contribution in [3.8, 4) is 0 Å². The first-order valence-electron chi connectivity index (χ1n) is 6.71. The number of hydrogen-bond donors (Lipinski definition) is 3. The van der Waals surface area contributed by atoms with Crippen molar-refractivity contribution in [1.29, 1.82) is 0 Å². The number of sulfonamides is 1. The van der Waals surface area contributed by atoms with Gasteiger partial charge in [-0.1, -0.05) is 0 Å². The van der Waals surface area contributed by atoms with Crippen molar-refractivity contribution in [3.05, 3.63) is 43.1 Å². The average molecular weight is 357 g/mol. The van der Waals surface area contributed by atoms with Gasteiger partial charge in [0.15, 0.2) is 0 Å². The summed E-state index contributed by atoms with van der Waals surface area (Å²) in [5.74, 6) is 0. The van der Waals surface area contributed by atoms with E-state index in [0.29, 0.717) is 4.68 Å². The van der Waals surface area contributed by atoms with Crippen LogP contribution in [0.15, 0.2) is 21.7 Å². The zero-order chi connectivity index (χ0) is 18.2. The SMILES string of the molecule is CC(C)Nc1cc2c(=O)n(NS(C)(=O)=O)c(=O)[nH]c2cc1[N+](=O)[O-]. The quantitative estimate of drug-likeness (QED) is 0.499. The second-order valence-electron chi connectivity index (χ2n) is 5.41. The molecule has 0 saturated heterocycles. The lowest BCUT2D eigenvalue weighted by molar-refractivity contribution is -0.383. The van der Waals surface area contributed by atoms with E-state index < -0.39 is 26.2 Å². The van der Waals surface area contributed by atoms with Crippen LogP contribution >= 0.6 is 0 Å². The van der Waals surface area contributed by atoms with Gasteiger partial charge in [0.1, 0.15) is 5.69 Å². The predicted molar refractivity (Wildman–Crippen MR) is 88.4 cm³/mol. The lowest BCUT2D eigenvalue weighted by Gasteiger charge is -2.12. The Labute approximate surface area is 135 Å². The van der Waals surface area contributed by atoms with Crippen LogP contribution in [-0.2, 0) is 10.0 Å². The highest BCUT2D eigenvalue weighted by molar-refractivity contribution is 7.91. The third-order valence-corrected chi connectivity index (χ3v) is 3.43. The van der Waals surface area contributed by atoms with Gasteiger partial charge in [-0.2, -0.15) is 4.68 Å². The molecule has 0 spiro atoms. The van der Waals surface area contributed by atoms with Crippen LogP contribution in [0.4, 0.5) is 11.4 Å². The number of H-pyrrole nitrogens is 1. The van der Waals surface area contributed by atoms with E-state index in [1.54, 1.807) is 18.7 Å². The van der Waals surface area contributed by atoms with Crippen molar-refractivity contribution in [3.63, 3.8) is 0 Å². The number of aromatic amines is 1. The van der Waals surface area contributed by atoms with Crippen LogP contribution in [0.1, 0.15) is 13.8 Å². The molecule has 24 heavy (non-hydrogen) atoms. The molecule has 1 aromatic heterocycles. The van der Waals surface area contributed by atoms with Crippen molar-refractivity contribution < 1.29 is 13.3 Å². The van der Waals surface area contributed by atoms with Crippen molar-refractivity contribution in [2.45, 2.75) is 19.9 Å². The molecule has 2 aromatic rings. The smallest absolute Gasteiger partial charge is 0.348 e. The van der Waals surface area contributed by atoms with Gasteiger partial charge >= 0.3 is 5.69 Å². The molecule has 3 N–H and O–H groups in total. The fraction of sp³-hybridized carbons (Fsp3) is 0.333. The van der Waals surface area contributed by atoms with E-state index in [9.17, 15) is 28.1 Å². The highest BCUT2D eigenvalue weighted by Gasteiger charge is 2.19. The summed E-state index contributed by atoms with van der Waals surface area (Å²) in [5.41, 5.74) is -2.31. The van der Waals surface area contributed by atoms with Gasteiger partial charge in [-0.05, 0) is 19.9 Å². The molecule has 0 aliphatic carbocycles. The number of nitro groups is 1. The minimum Gasteiger partial charge on any atom is -0.377 e. The van der Waals surface area contributed by atoms with Crippen molar-refractivity contribution in [1.82, 2.24) is 9.66 Å². The first kappa shape index (κ1) is 17.5. The number of aromatic nitrogens is 2. The summed E-state index contributed by atoms with van der Waals surface area (Å²) in [6.07, 6.45) is 0.782. The molecule has 0 atom stereocenters. The summed E-state index contributed by atoms with van der Waals surface area (Å²) in [7, 11) is -3.87. The predicted octanol–water partition coefficient (Wildman–Crippen LogP) is -0.0786. The Morgan fingerprint density at radius 2 is 1.92 bits per heavy atom. The van der Waals surface area contributed by atoms with Gasteiger partial charge in [-0.15, -0.1) is 0 Å². The van der Waals surface area contributed by atoms with Crippen LogP contribution in [-0.4, -0.2) is 35.3 Å². The topological polar surface area (TPSA) is 156 Å². The van der Waals surface area contributed by atoms with E-state index in [-0.39, 0.29) is 28.3 Å². The Morgan fingerprint density at radius 1 is 1.29 bits per heavy atom. The number of anilines is 1. The first-order chi connectivity index (χ1) is 11.0. The zero-order valence-corrected chi connectivity index (χ0v) is 13.8. The van der Waals surface area contributed by atoms with Crippen LogP contribution < -0.4 is 21.4 Å². The number of hydrogen-bond acceptors (Lipinski definition) is 7. The normalized spacial score (nSPS) is 11.7. The highest BCUT2D eigenvalue weighted by Crippen LogP contribution is 2.28. The zero-order valence-electron chi connectivity index (χ0n) is 13.0. The third-order valence-electron chi connectivity index (χ3n) is 2.91. The number of rotatable bonds is 5. The van der Waals surface area contributed by atoms with Gasteiger partial charge in [0.05, 0.1) is 22.1 Å². The molecule has 0 aliphatic rings. The van der Waals surface area contributed by atoms with Gasteiger partial charge in [-0.25, -0.2) is 18.0 Å². The Balaban J connectivity index is 2.83. The molecule has 0 radical (unpaired) electrons. The summed E-state index contributed by atoms with van der Waals surface area (Å²) in [4.78, 5) is 38.8. The minimum atomic E-state index is -3.87. The van der Waals surface area contributed by atoms with Crippen molar-refractivity contribution >= 4 is 32.3 Å². The Morgan fingerprint density at radius 3 is 2.42 bits per heavy atom. The summed E-state index contributed by atoms with van der Waals surface area (Å²) < 4.78 is 22.8. The summed E-state index contributed by atoms with van der Waals surface area (Å²) in [6.45, 7) is 3.51. The molecule has 0 aliphatic heterocycles. The maximum atomic E-state index is 12.4. The standard InChI is InChI=1S/C12H15N5O6S/c1-6(2)13-9-4-7-8(5-10(9)17(20)21)14-12(19)16(11(7)18)15-24(3,22)23/h4-6,13,15H,1-3H3,(H,14,19). The van der Waals surface area contributed by atoms with E-state index in [1.807, 2.05) is 0 Å². The van der Waals surface area contributed by atoms with Gasteiger partial charge in [0.25, 0.3) is 11.2 Å². The number of benzene rings is 1. The fourth-order valence-electron chi connectivity index (χ4n) is 2.08. The molecule has 11 nitrogen and oxygen atoms in total. The maximum absolute atomic E-state index is 12.4. The Bertz CT molecular complexity index is 1040. The summed E-state index contributed by atoms with van der Waals surface area (Å²) in [6, 6.07) is 2.10. The molecule has 2 rings (SSSR count). The second kappa shape index (κ2) is 5.96. The fourth-order valence-corrected chi connectivity index (χ4v) is 2.58. The molecule has 130 valence electrons. The Kier molecular flexibility index (Phi) is 4.34. The third kappa shape index (κ3) is 3.53. The molecule has 0 fully saturated rings. The summed E-state index contributed by atoms with van der Waals surface area (Å²) in [5, 5.41) is 13.9. The van der Waals surface area contributed by atoms with E-state index in [4.69, 9.17) is 0 Å². The van der Waals surface area contributed by atoms with Gasteiger partial charge in [-0.3, -0.25) is 14.9 Å². The lowest BCUT2D eigenvalue weighted by Crippen LogP contribution is -2.43. The Hall–Kier alpha value is -2.89. The molecule has 0 amide bonds. The van der Waals surface area contributed by atoms with Gasteiger partial charge < -0.3 is 10.3 Å². The van der Waals surface area contributed by atoms with Crippen molar-refractivity contribution in [2.75, 3.05) is 16.4 Å². The first-order valence-corrected chi connectivity index (χ1v) is 8.60. The van der Waals surface area contributed by atoms with Crippen LogP contribution in [0.5, 0.6) is 0 Å². The monoisotopic (exact) mass is 357 g/mol. The number of fused-ring (bicyclic) bond motifs is 1. The van der Waals surface area contributed by atoms with E-state index in [1.165, 1.54) is 6.07 Å². The minimum absolute atomic E-state index is 0.0717. The molecular formula is C12H15N5O6S. The van der Waals surface area contributed by atoms with E-state index in [0.717, 1.165) is 12.3 Å². The maximum Gasteiger partial charge on any atom is 0.348 e. The number of nitrogens with zero attached hydrogens (tertiary/aromatic N) is 2. The molecule has 1 heterocycles. The van der Waals surface area contributed by atoms with Gasteiger partial charge in [0, 0.05) is 12.1 Å². The molecule has 0 saturated carbocycles. The van der Waals surface area contributed by atoms with E-state index >= 15 is 0 Å². The molecular weight excluding hydrogens is 342 g/mol. The van der Waals surface area contributed by atoms with Crippen LogP contribution in [0.2, 0.25) is 0 Å². The summed E-state index contributed by atoms with van der Waals surface area (Å²) >= 11 is 0. The molecule has 12 heteroatoms. The largest absolute Gasteiger partial charge is 0.377 e. The molecule has 1 aromatic carbocycles. The van der Waals surface area contributed by atoms with Crippen LogP contribution in [0.3, 0.4) is 0 Å². The molecule has 0 unspecified atom stereocenters. The highest BCUT2D eigenvalue weighted by atomic mass is 32.2. The van der Waals surface area contributed by atoms with Gasteiger partial charge in [0.2, 0.25) is 10.0 Å². The lowest BCUT2D eigenvalue weighted by atomic mass is 10.1. The number of nitro benzene ring substituents is 1. The van der Waals surface area contributed by atoms with Crippen LogP contribution in [0.25, 0.3) is 10.9 Å².